The highest BCUT2D eigenvalue weighted by atomic mass is 16.5. The van der Waals surface area contributed by atoms with Crippen LogP contribution in [0.15, 0.2) is 36.7 Å². The van der Waals surface area contributed by atoms with Crippen molar-refractivity contribution in [2.24, 2.45) is 0 Å². The van der Waals surface area contributed by atoms with Crippen LogP contribution in [0.5, 0.6) is 5.88 Å². The molecular weight excluding hydrogens is 216 g/mol. The summed E-state index contributed by atoms with van der Waals surface area (Å²) in [6.45, 7) is 0.681. The van der Waals surface area contributed by atoms with Gasteiger partial charge in [0.1, 0.15) is 5.82 Å². The molecular formula is C12H14N4O. The fraction of sp³-hybridized carbons (Fsp3) is 0.167. The number of ether oxygens (including phenoxy) is 1. The van der Waals surface area contributed by atoms with Crippen molar-refractivity contribution in [3.63, 3.8) is 0 Å². The van der Waals surface area contributed by atoms with Crippen LogP contribution in [-0.2, 0) is 6.54 Å². The van der Waals surface area contributed by atoms with Gasteiger partial charge in [0, 0.05) is 36.8 Å². The number of hydrogen-bond acceptors (Lipinski definition) is 5. The van der Waals surface area contributed by atoms with Gasteiger partial charge in [-0.3, -0.25) is 0 Å². The summed E-state index contributed by atoms with van der Waals surface area (Å²) >= 11 is 0. The van der Waals surface area contributed by atoms with Crippen molar-refractivity contribution in [1.29, 1.82) is 0 Å². The van der Waals surface area contributed by atoms with E-state index in [0.717, 1.165) is 11.3 Å². The van der Waals surface area contributed by atoms with Crippen molar-refractivity contribution in [3.05, 3.63) is 42.2 Å². The van der Waals surface area contributed by atoms with Crippen LogP contribution in [0, 0.1) is 0 Å². The smallest absolute Gasteiger partial charge is 0.212 e. The monoisotopic (exact) mass is 230 g/mol. The molecule has 2 rings (SSSR count). The van der Waals surface area contributed by atoms with Gasteiger partial charge in [-0.15, -0.1) is 0 Å². The number of nitrogen functional groups attached to an aromatic ring is 1. The van der Waals surface area contributed by atoms with Crippen molar-refractivity contribution in [3.8, 4) is 5.88 Å². The van der Waals surface area contributed by atoms with Crippen molar-refractivity contribution in [2.45, 2.75) is 6.54 Å². The first-order valence-electron chi connectivity index (χ1n) is 5.22. The van der Waals surface area contributed by atoms with Gasteiger partial charge in [0.15, 0.2) is 0 Å². The second kappa shape index (κ2) is 5.16. The second-order valence-electron chi connectivity index (χ2n) is 3.53. The van der Waals surface area contributed by atoms with Crippen LogP contribution in [-0.4, -0.2) is 17.1 Å². The lowest BCUT2D eigenvalue weighted by atomic mass is 10.2. The summed E-state index contributed by atoms with van der Waals surface area (Å²) in [5.74, 6) is 1.12. The van der Waals surface area contributed by atoms with Gasteiger partial charge in [-0.05, 0) is 11.6 Å². The van der Waals surface area contributed by atoms with E-state index in [0.29, 0.717) is 18.2 Å². The summed E-state index contributed by atoms with van der Waals surface area (Å²) in [5, 5.41) is 3.24. The molecule has 17 heavy (non-hydrogen) atoms. The molecule has 0 saturated carbocycles. The molecule has 5 nitrogen and oxygen atoms in total. The number of aromatic nitrogens is 2. The van der Waals surface area contributed by atoms with Crippen molar-refractivity contribution < 1.29 is 4.74 Å². The summed E-state index contributed by atoms with van der Waals surface area (Å²) in [6, 6.07) is 7.45. The molecule has 3 N–H and O–H groups in total. The predicted molar refractivity (Wildman–Crippen MR) is 66.8 cm³/mol. The SMILES string of the molecule is COc1ccc(CNc2ccnc(N)c2)cn1. The molecule has 0 aliphatic carbocycles. The maximum absolute atomic E-state index is 5.59. The third-order valence-electron chi connectivity index (χ3n) is 2.28. The number of pyridine rings is 2. The third kappa shape index (κ3) is 3.07. The number of rotatable bonds is 4. The maximum atomic E-state index is 5.59. The largest absolute Gasteiger partial charge is 0.481 e. The van der Waals surface area contributed by atoms with Crippen molar-refractivity contribution >= 4 is 11.5 Å². The molecule has 2 aromatic heterocycles. The molecule has 0 atom stereocenters. The minimum absolute atomic E-state index is 0.503. The Kier molecular flexibility index (Phi) is 3.40. The predicted octanol–water partition coefficient (Wildman–Crippen LogP) is 1.68. The highest BCUT2D eigenvalue weighted by Gasteiger charge is 1.97. The third-order valence-corrected chi connectivity index (χ3v) is 2.28. The number of nitrogens with two attached hydrogens (primary N) is 1. The molecule has 0 radical (unpaired) electrons. The molecule has 5 heteroatoms. The van der Waals surface area contributed by atoms with Gasteiger partial charge in [0.05, 0.1) is 7.11 Å². The zero-order valence-corrected chi connectivity index (χ0v) is 9.55. The first-order valence-corrected chi connectivity index (χ1v) is 5.22. The van der Waals surface area contributed by atoms with Crippen LogP contribution >= 0.6 is 0 Å². The van der Waals surface area contributed by atoms with Gasteiger partial charge < -0.3 is 15.8 Å². The van der Waals surface area contributed by atoms with E-state index >= 15 is 0 Å². The lowest BCUT2D eigenvalue weighted by molar-refractivity contribution is 0.397. The first-order chi connectivity index (χ1) is 8.28. The maximum Gasteiger partial charge on any atom is 0.212 e. The van der Waals surface area contributed by atoms with Crippen LogP contribution in [0.2, 0.25) is 0 Å². The standard InChI is InChI=1S/C12H14N4O/c1-17-12-3-2-9(8-16-12)7-15-10-4-5-14-11(13)6-10/h2-6,8H,7H2,1H3,(H3,13,14,15). The second-order valence-corrected chi connectivity index (χ2v) is 3.53. The van der Waals surface area contributed by atoms with Gasteiger partial charge in [0.25, 0.3) is 0 Å². The van der Waals surface area contributed by atoms with E-state index in [1.54, 1.807) is 25.6 Å². The molecule has 0 unspecified atom stereocenters. The zero-order valence-electron chi connectivity index (χ0n) is 9.55. The van der Waals surface area contributed by atoms with Crippen molar-refractivity contribution in [2.75, 3.05) is 18.2 Å². The molecule has 0 fully saturated rings. The van der Waals surface area contributed by atoms with Crippen molar-refractivity contribution in [1.82, 2.24) is 9.97 Å². The molecule has 0 saturated heterocycles. The Hall–Kier alpha value is -2.30. The molecule has 0 amide bonds. The molecule has 0 bridgehead atoms. The molecule has 0 aliphatic rings. The fourth-order valence-electron chi connectivity index (χ4n) is 1.40. The molecule has 0 spiro atoms. The Balaban J connectivity index is 1.97. The van der Waals surface area contributed by atoms with Crippen LogP contribution in [0.1, 0.15) is 5.56 Å². The lowest BCUT2D eigenvalue weighted by Crippen LogP contribution is -2.01. The Morgan fingerprint density at radius 1 is 1.29 bits per heavy atom. The quantitative estimate of drug-likeness (QED) is 0.836. The Labute approximate surface area is 99.7 Å². The summed E-state index contributed by atoms with van der Waals surface area (Å²) < 4.78 is 4.99. The average Bonchev–Trinajstić information content (AvgIpc) is 2.37. The Morgan fingerprint density at radius 3 is 2.82 bits per heavy atom. The van der Waals surface area contributed by atoms with Crippen LogP contribution in [0.25, 0.3) is 0 Å². The lowest BCUT2D eigenvalue weighted by Gasteiger charge is -2.07. The van der Waals surface area contributed by atoms with Gasteiger partial charge in [0.2, 0.25) is 5.88 Å². The number of anilines is 2. The fourth-order valence-corrected chi connectivity index (χ4v) is 1.40. The summed E-state index contributed by atoms with van der Waals surface area (Å²) in [4.78, 5) is 8.05. The highest BCUT2D eigenvalue weighted by Crippen LogP contribution is 2.12. The first kappa shape index (κ1) is 11.2. The van der Waals surface area contributed by atoms with E-state index in [2.05, 4.69) is 15.3 Å². The van der Waals surface area contributed by atoms with Crippen LogP contribution in [0.4, 0.5) is 11.5 Å². The van der Waals surface area contributed by atoms with Crippen LogP contribution < -0.4 is 15.8 Å². The molecule has 2 aromatic rings. The normalized spacial score (nSPS) is 9.94. The van der Waals surface area contributed by atoms with E-state index in [9.17, 15) is 0 Å². The van der Waals surface area contributed by atoms with E-state index in [-0.39, 0.29) is 0 Å². The molecule has 0 aliphatic heterocycles. The van der Waals surface area contributed by atoms with E-state index in [4.69, 9.17) is 10.5 Å². The number of nitrogens with zero attached hydrogens (tertiary/aromatic N) is 2. The van der Waals surface area contributed by atoms with Gasteiger partial charge in [-0.2, -0.15) is 0 Å². The Morgan fingerprint density at radius 2 is 2.18 bits per heavy atom. The van der Waals surface area contributed by atoms with E-state index in [1.165, 1.54) is 0 Å². The number of nitrogens with one attached hydrogen (secondary N) is 1. The topological polar surface area (TPSA) is 73.1 Å². The number of methoxy groups -OCH3 is 1. The van der Waals surface area contributed by atoms with Gasteiger partial charge in [-0.1, -0.05) is 6.07 Å². The average molecular weight is 230 g/mol. The highest BCUT2D eigenvalue weighted by molar-refractivity contribution is 5.49. The zero-order chi connectivity index (χ0) is 12.1. The summed E-state index contributed by atoms with van der Waals surface area (Å²) in [6.07, 6.45) is 3.44. The summed E-state index contributed by atoms with van der Waals surface area (Å²) in [7, 11) is 1.60. The minimum Gasteiger partial charge on any atom is -0.481 e. The summed E-state index contributed by atoms with van der Waals surface area (Å²) in [5.41, 5.74) is 7.59. The Bertz CT molecular complexity index is 484. The molecule has 2 heterocycles. The van der Waals surface area contributed by atoms with Gasteiger partial charge >= 0.3 is 0 Å². The molecule has 88 valence electrons. The van der Waals surface area contributed by atoms with Gasteiger partial charge in [-0.25, -0.2) is 9.97 Å². The van der Waals surface area contributed by atoms with Crippen LogP contribution in [0.3, 0.4) is 0 Å². The van der Waals surface area contributed by atoms with E-state index in [1.807, 2.05) is 18.2 Å². The number of hydrogen-bond donors (Lipinski definition) is 2. The minimum atomic E-state index is 0.503. The van der Waals surface area contributed by atoms with E-state index < -0.39 is 0 Å². The molecule has 0 aromatic carbocycles.